The highest BCUT2D eigenvalue weighted by Crippen LogP contribution is 2.32. The third-order valence-electron chi connectivity index (χ3n) is 11.5. The van der Waals surface area contributed by atoms with Crippen molar-refractivity contribution in [2.45, 2.75) is 124 Å². The van der Waals surface area contributed by atoms with Gasteiger partial charge in [0, 0.05) is 61.7 Å². The minimum absolute atomic E-state index is 0.0120. The summed E-state index contributed by atoms with van der Waals surface area (Å²) in [7, 11) is 5.19. The molecule has 5 aromatic rings. The number of aryl methyl sites for hydroxylation is 2. The average molecular weight is 893 g/mol. The van der Waals surface area contributed by atoms with E-state index in [1.54, 1.807) is 63.7 Å². The molecule has 0 fully saturated rings. The number of likely N-dealkylation sites (N-methyl/N-ethyl adjacent to an activating group) is 1. The quantitative estimate of drug-likeness (QED) is 0.0971. The molecule has 2 N–H and O–H groups in total. The normalized spacial score (nSPS) is 13.9. The molecule has 0 radical (unpaired) electrons. The smallest absolute Gasteiger partial charge is 0.408 e. The van der Waals surface area contributed by atoms with Crippen LogP contribution >= 0.6 is 0 Å². The van der Waals surface area contributed by atoms with E-state index >= 15 is 0 Å². The second-order valence-corrected chi connectivity index (χ2v) is 18.4. The van der Waals surface area contributed by atoms with Crippen LogP contribution in [0.1, 0.15) is 81.6 Å². The van der Waals surface area contributed by atoms with E-state index in [0.29, 0.717) is 29.3 Å². The summed E-state index contributed by atoms with van der Waals surface area (Å²) in [6.07, 6.45) is 2.19. The molecule has 0 unspecified atom stereocenters. The lowest BCUT2D eigenvalue weighted by molar-refractivity contribution is -0.148. The van der Waals surface area contributed by atoms with E-state index in [9.17, 15) is 19.2 Å². The molecule has 2 atom stereocenters. The maximum atomic E-state index is 14.9. The maximum Gasteiger partial charge on any atom is 0.408 e. The summed E-state index contributed by atoms with van der Waals surface area (Å²) >= 11 is 0. The Kier molecular flexibility index (Phi) is 15.2. The molecule has 16 nitrogen and oxygen atoms in total. The fraction of sp³-hybridized carbons (Fsp3) is 0.469. The molecule has 16 heteroatoms. The van der Waals surface area contributed by atoms with E-state index in [4.69, 9.17) is 18.9 Å². The first-order valence-corrected chi connectivity index (χ1v) is 22.1. The highest BCUT2D eigenvalue weighted by molar-refractivity contribution is 5.94. The lowest BCUT2D eigenvalue weighted by atomic mass is 9.96. The van der Waals surface area contributed by atoms with Crippen LogP contribution in [0, 0.1) is 6.92 Å². The van der Waals surface area contributed by atoms with Gasteiger partial charge in [0.15, 0.2) is 11.5 Å². The number of amides is 3. The van der Waals surface area contributed by atoms with Crippen molar-refractivity contribution < 1.29 is 38.1 Å². The Balaban J connectivity index is 1.12. The first-order chi connectivity index (χ1) is 30.8. The predicted octanol–water partition coefficient (Wildman–Crippen LogP) is 6.13. The summed E-state index contributed by atoms with van der Waals surface area (Å²) in [5, 5.41) is 15.5. The van der Waals surface area contributed by atoms with Gasteiger partial charge in [-0.25, -0.2) is 4.79 Å². The third kappa shape index (κ3) is 12.2. The largest absolute Gasteiger partial charge is 0.493 e. The van der Waals surface area contributed by atoms with Crippen LogP contribution in [-0.4, -0.2) is 104 Å². The zero-order valence-electron chi connectivity index (χ0n) is 39.4. The van der Waals surface area contributed by atoms with Crippen molar-refractivity contribution in [1.82, 2.24) is 40.0 Å². The number of carbonyl (C=O) groups is 4. The molecular weight excluding hydrogens is 829 g/mol. The molecule has 3 amide bonds. The number of rotatable bonds is 18. The van der Waals surface area contributed by atoms with Crippen molar-refractivity contribution in [3.8, 4) is 11.5 Å². The Morgan fingerprint density at radius 1 is 0.908 bits per heavy atom. The van der Waals surface area contributed by atoms with E-state index < -0.39 is 41.1 Å². The zero-order chi connectivity index (χ0) is 47.1. The van der Waals surface area contributed by atoms with Crippen molar-refractivity contribution >= 4 is 34.8 Å². The molecule has 65 heavy (non-hydrogen) atoms. The molecule has 1 aliphatic rings. The molecule has 0 aliphatic carbocycles. The van der Waals surface area contributed by atoms with Gasteiger partial charge in [0.1, 0.15) is 29.5 Å². The highest BCUT2D eigenvalue weighted by atomic mass is 16.6. The van der Waals surface area contributed by atoms with E-state index in [1.165, 1.54) is 41.3 Å². The first kappa shape index (κ1) is 48.0. The van der Waals surface area contributed by atoms with Crippen LogP contribution < -0.4 is 20.1 Å². The number of aromatic nitrogens is 4. The van der Waals surface area contributed by atoms with E-state index in [1.807, 2.05) is 37.3 Å². The van der Waals surface area contributed by atoms with Gasteiger partial charge in [-0.1, -0.05) is 53.2 Å². The molecule has 0 spiro atoms. The number of esters is 1. The van der Waals surface area contributed by atoms with Crippen molar-refractivity contribution in [2.75, 3.05) is 27.8 Å². The Morgan fingerprint density at radius 3 is 2.35 bits per heavy atom. The van der Waals surface area contributed by atoms with Gasteiger partial charge in [-0.15, -0.1) is 5.10 Å². The van der Waals surface area contributed by atoms with Crippen LogP contribution in [0.2, 0.25) is 0 Å². The number of benzene rings is 3. The van der Waals surface area contributed by atoms with Gasteiger partial charge in [0.25, 0.3) is 0 Å². The number of hydrogen-bond acceptors (Lipinski definition) is 11. The molecule has 348 valence electrons. The van der Waals surface area contributed by atoms with E-state index in [2.05, 4.69) is 62.6 Å². The van der Waals surface area contributed by atoms with Gasteiger partial charge in [0.05, 0.1) is 33.4 Å². The van der Waals surface area contributed by atoms with Gasteiger partial charge in [-0.05, 0) is 96.5 Å². The predicted molar refractivity (Wildman–Crippen MR) is 246 cm³/mol. The third-order valence-corrected chi connectivity index (χ3v) is 11.5. The molecular formula is C49H64N8O8. The summed E-state index contributed by atoms with van der Waals surface area (Å²) in [5.41, 5.74) is 4.62. The molecule has 2 aromatic heterocycles. The van der Waals surface area contributed by atoms with Crippen molar-refractivity contribution in [3.63, 3.8) is 0 Å². The lowest BCUT2D eigenvalue weighted by Crippen LogP contribution is -2.62. The molecule has 3 heterocycles. The van der Waals surface area contributed by atoms with Crippen LogP contribution in [0.5, 0.6) is 11.5 Å². The van der Waals surface area contributed by atoms with Gasteiger partial charge in [-0.3, -0.25) is 19.1 Å². The Hall–Kier alpha value is -6.42. The number of hydrogen-bond donors (Lipinski definition) is 2. The van der Waals surface area contributed by atoms with Crippen LogP contribution in [0.15, 0.2) is 72.9 Å². The second-order valence-electron chi connectivity index (χ2n) is 18.4. The topological polar surface area (TPSA) is 171 Å². The Labute approximate surface area is 381 Å². The van der Waals surface area contributed by atoms with Crippen LogP contribution in [0.4, 0.5) is 4.79 Å². The van der Waals surface area contributed by atoms with Crippen LogP contribution in [-0.2, 0) is 69.5 Å². The summed E-state index contributed by atoms with van der Waals surface area (Å²) in [4.78, 5) is 59.2. The number of nitrogens with one attached hydrogen (secondary N) is 2. The second kappa shape index (κ2) is 20.6. The molecule has 6 rings (SSSR count). The Morgan fingerprint density at radius 2 is 1.65 bits per heavy atom. The fourth-order valence-electron chi connectivity index (χ4n) is 8.13. The molecule has 0 saturated heterocycles. The Bertz CT molecular complexity index is 2470. The molecule has 0 saturated carbocycles. The number of nitrogens with zero attached hydrogens (tertiary/aromatic N) is 6. The number of alkyl carbamates (subject to hydrolysis) is 1. The van der Waals surface area contributed by atoms with Gasteiger partial charge in [0.2, 0.25) is 11.8 Å². The van der Waals surface area contributed by atoms with Crippen molar-refractivity contribution in [3.05, 3.63) is 107 Å². The summed E-state index contributed by atoms with van der Waals surface area (Å²) in [6.45, 7) is 15.0. The lowest BCUT2D eigenvalue weighted by Gasteiger charge is -2.40. The summed E-state index contributed by atoms with van der Waals surface area (Å²) < 4.78 is 26.1. The van der Waals surface area contributed by atoms with Gasteiger partial charge in [-0.2, -0.15) is 0 Å². The standard InChI is InChI=1S/C49H64N8O8/c1-32-16-18-40-37(24-32)38-30-54(8)22-20-41(38)56(40)23-21-44(58)64-31-36-29-55(53-52-36)27-33(2)50-46(60)49(6,7)57(28-35-17-19-42(62-9)43(26-35)63-10)45(59)39(25-34-14-12-11-13-15-34)51-47(61)65-48(3,4)5/h11-19,24,26,29,33,39H,20-23,25,27-28,30-31H2,1-10H3,(H,50,60)(H,51,61)/t33-,39+/m1/s1. The summed E-state index contributed by atoms with van der Waals surface area (Å²) in [5.74, 6) is -0.316. The van der Waals surface area contributed by atoms with Gasteiger partial charge < -0.3 is 43.9 Å². The number of methoxy groups -OCH3 is 2. The average Bonchev–Trinajstić information content (AvgIpc) is 3.83. The van der Waals surface area contributed by atoms with Gasteiger partial charge >= 0.3 is 12.1 Å². The number of fused-ring (bicyclic) bond motifs is 3. The molecule has 3 aromatic carbocycles. The number of carbonyl (C=O) groups excluding carboxylic acids is 4. The van der Waals surface area contributed by atoms with Crippen LogP contribution in [0.25, 0.3) is 10.9 Å². The monoisotopic (exact) mass is 892 g/mol. The SMILES string of the molecule is COc1ccc(CN(C(=O)[C@H](Cc2ccccc2)NC(=O)OC(C)(C)C)C(C)(C)C(=O)N[C@H](C)Cn2cc(COC(=O)CCn3c4c(c5cc(C)ccc53)CN(C)CC4)nn2)cc1OC. The number of ether oxygens (including phenoxy) is 4. The zero-order valence-corrected chi connectivity index (χ0v) is 39.4. The van der Waals surface area contributed by atoms with E-state index in [-0.39, 0.29) is 38.5 Å². The minimum atomic E-state index is -1.45. The van der Waals surface area contributed by atoms with Crippen molar-refractivity contribution in [2.24, 2.45) is 0 Å². The van der Waals surface area contributed by atoms with Crippen molar-refractivity contribution in [1.29, 1.82) is 0 Å². The fourth-order valence-corrected chi connectivity index (χ4v) is 8.13. The molecule has 0 bridgehead atoms. The first-order valence-electron chi connectivity index (χ1n) is 22.1. The minimum Gasteiger partial charge on any atom is -0.493 e. The summed E-state index contributed by atoms with van der Waals surface area (Å²) in [6, 6.07) is 19.5. The maximum absolute atomic E-state index is 14.9. The van der Waals surface area contributed by atoms with Crippen LogP contribution in [0.3, 0.4) is 0 Å². The van der Waals surface area contributed by atoms with E-state index in [0.717, 1.165) is 30.6 Å². The highest BCUT2D eigenvalue weighted by Gasteiger charge is 2.42. The molecule has 1 aliphatic heterocycles.